The van der Waals surface area contributed by atoms with Crippen LogP contribution in [0.4, 0.5) is 0 Å². The van der Waals surface area contributed by atoms with E-state index in [0.717, 1.165) is 38.3 Å². The monoisotopic (exact) mass is 318 g/mol. The molecule has 0 radical (unpaired) electrons. The first-order chi connectivity index (χ1) is 10.8. The third-order valence-corrected chi connectivity index (χ3v) is 7.62. The maximum absolute atomic E-state index is 12.2. The minimum Gasteiger partial charge on any atom is -0.392 e. The molecule has 3 aliphatic rings. The van der Waals surface area contributed by atoms with Crippen LogP contribution in [0.2, 0.25) is 0 Å². The molecule has 0 unspecified atom stereocenters. The summed E-state index contributed by atoms with van der Waals surface area (Å²) in [4.78, 5) is 23.4. The number of hydrogen-bond donors (Lipinski definition) is 1. The van der Waals surface area contributed by atoms with Gasteiger partial charge in [0.15, 0.2) is 0 Å². The highest BCUT2D eigenvalue weighted by molar-refractivity contribution is 5.74. The van der Waals surface area contributed by atoms with Crippen LogP contribution in [0, 0.1) is 28.1 Å². The zero-order valence-electron chi connectivity index (χ0n) is 14.7. The molecule has 0 aliphatic heterocycles. The van der Waals surface area contributed by atoms with Crippen LogP contribution in [0.3, 0.4) is 0 Å². The van der Waals surface area contributed by atoms with Crippen molar-refractivity contribution in [1.82, 2.24) is 0 Å². The predicted molar refractivity (Wildman–Crippen MR) is 89.8 cm³/mol. The van der Waals surface area contributed by atoms with Crippen molar-refractivity contribution in [2.75, 3.05) is 0 Å². The fourth-order valence-corrected chi connectivity index (χ4v) is 6.46. The third kappa shape index (κ3) is 2.34. The van der Waals surface area contributed by atoms with Crippen LogP contribution in [0.15, 0.2) is 11.6 Å². The zero-order valence-corrected chi connectivity index (χ0v) is 14.7. The van der Waals surface area contributed by atoms with Crippen LogP contribution < -0.4 is 0 Å². The summed E-state index contributed by atoms with van der Waals surface area (Å²) in [6.45, 7) is 7.07. The van der Waals surface area contributed by atoms with Gasteiger partial charge < -0.3 is 9.90 Å². The van der Waals surface area contributed by atoms with Crippen molar-refractivity contribution in [1.29, 1.82) is 0 Å². The Hall–Kier alpha value is -0.960. The molecule has 23 heavy (non-hydrogen) atoms. The second kappa shape index (κ2) is 5.54. The van der Waals surface area contributed by atoms with Crippen LogP contribution in [0.5, 0.6) is 0 Å². The number of aliphatic hydroxyl groups is 1. The highest BCUT2D eigenvalue weighted by Crippen LogP contribution is 2.66. The molecule has 2 saturated carbocycles. The minimum atomic E-state index is -0.730. The van der Waals surface area contributed by atoms with E-state index in [2.05, 4.69) is 20.8 Å². The van der Waals surface area contributed by atoms with Crippen molar-refractivity contribution >= 4 is 12.6 Å². The van der Waals surface area contributed by atoms with Crippen LogP contribution in [-0.2, 0) is 9.59 Å². The number of allylic oxidation sites excluding steroid dienone is 1. The smallest absolute Gasteiger partial charge is 0.145 e. The Morgan fingerprint density at radius 1 is 1.13 bits per heavy atom. The number of hydrogen-bond acceptors (Lipinski definition) is 3. The fourth-order valence-electron chi connectivity index (χ4n) is 6.46. The van der Waals surface area contributed by atoms with Crippen LogP contribution in [-0.4, -0.2) is 23.8 Å². The second-order valence-electron chi connectivity index (χ2n) is 9.07. The molecule has 5 atom stereocenters. The largest absolute Gasteiger partial charge is 0.392 e. The first kappa shape index (κ1) is 16.9. The van der Waals surface area contributed by atoms with Crippen LogP contribution >= 0.6 is 0 Å². The van der Waals surface area contributed by atoms with Crippen LogP contribution in [0.1, 0.15) is 65.7 Å². The molecule has 0 aromatic heterocycles. The Balaban J connectivity index is 2.08. The maximum Gasteiger partial charge on any atom is 0.145 e. The molecule has 0 bridgehead atoms. The molecule has 0 spiro atoms. The molecular formula is C20H30O3. The van der Waals surface area contributed by atoms with E-state index < -0.39 is 11.5 Å². The van der Waals surface area contributed by atoms with Gasteiger partial charge in [0.2, 0.25) is 0 Å². The lowest BCUT2D eigenvalue weighted by atomic mass is 9.42. The van der Waals surface area contributed by atoms with Gasteiger partial charge in [0.25, 0.3) is 0 Å². The van der Waals surface area contributed by atoms with E-state index in [-0.39, 0.29) is 16.7 Å². The summed E-state index contributed by atoms with van der Waals surface area (Å²) in [5, 5.41) is 10.8. The average Bonchev–Trinajstić information content (AvgIpc) is 2.64. The molecule has 128 valence electrons. The van der Waals surface area contributed by atoms with E-state index in [0.29, 0.717) is 17.9 Å². The Morgan fingerprint density at radius 2 is 1.87 bits per heavy atom. The van der Waals surface area contributed by atoms with E-state index in [1.165, 1.54) is 12.8 Å². The van der Waals surface area contributed by atoms with Gasteiger partial charge in [-0.25, -0.2) is 0 Å². The van der Waals surface area contributed by atoms with Crippen molar-refractivity contribution in [3.8, 4) is 0 Å². The average molecular weight is 318 g/mol. The molecule has 1 N–H and O–H groups in total. The predicted octanol–water partition coefficient (Wildman–Crippen LogP) is 3.69. The molecule has 3 heteroatoms. The fraction of sp³-hybridized carbons (Fsp3) is 0.800. The van der Waals surface area contributed by atoms with Gasteiger partial charge in [0, 0.05) is 6.42 Å². The summed E-state index contributed by atoms with van der Waals surface area (Å²) in [5.41, 5.74) is 0.330. The van der Waals surface area contributed by atoms with Gasteiger partial charge in [-0.1, -0.05) is 33.3 Å². The Labute approximate surface area is 139 Å². The molecule has 0 heterocycles. The summed E-state index contributed by atoms with van der Waals surface area (Å²) in [6.07, 6.45) is 9.52. The van der Waals surface area contributed by atoms with Crippen molar-refractivity contribution in [3.63, 3.8) is 0 Å². The van der Waals surface area contributed by atoms with E-state index in [1.807, 2.05) is 6.08 Å². The Kier molecular flexibility index (Phi) is 4.07. The SMILES string of the molecule is CC1(C)CCC[C@@]2(C)[C@@H]1CC[C@@]1(C=O)[C@H](O)CC(C=O)=CC[C@H]21. The van der Waals surface area contributed by atoms with Gasteiger partial charge in [-0.05, 0) is 60.3 Å². The normalized spacial score (nSPS) is 45.9. The summed E-state index contributed by atoms with van der Waals surface area (Å²) >= 11 is 0. The summed E-state index contributed by atoms with van der Waals surface area (Å²) in [7, 11) is 0. The number of carbonyl (C=O) groups is 2. The molecular weight excluding hydrogens is 288 g/mol. The number of fused-ring (bicyclic) bond motifs is 3. The quantitative estimate of drug-likeness (QED) is 0.790. The minimum absolute atomic E-state index is 0.0662. The van der Waals surface area contributed by atoms with Crippen molar-refractivity contribution in [2.45, 2.75) is 71.8 Å². The molecule has 0 aromatic carbocycles. The van der Waals surface area contributed by atoms with Gasteiger partial charge in [-0.15, -0.1) is 0 Å². The highest BCUT2D eigenvalue weighted by Gasteiger charge is 2.61. The van der Waals surface area contributed by atoms with Crippen LogP contribution in [0.25, 0.3) is 0 Å². The maximum atomic E-state index is 12.2. The Bertz CT molecular complexity index is 535. The zero-order chi connectivity index (χ0) is 16.9. The number of aldehydes is 2. The van der Waals surface area contributed by atoms with Crippen molar-refractivity contribution < 1.29 is 14.7 Å². The molecule has 0 amide bonds. The number of carbonyl (C=O) groups excluding carboxylic acids is 2. The van der Waals surface area contributed by atoms with E-state index >= 15 is 0 Å². The lowest BCUT2D eigenvalue weighted by Crippen LogP contribution is -2.59. The summed E-state index contributed by atoms with van der Waals surface area (Å²) < 4.78 is 0. The molecule has 2 fully saturated rings. The second-order valence-corrected chi connectivity index (χ2v) is 9.07. The van der Waals surface area contributed by atoms with E-state index in [9.17, 15) is 14.7 Å². The van der Waals surface area contributed by atoms with Gasteiger partial charge in [0.05, 0.1) is 11.5 Å². The molecule has 0 aromatic rings. The number of rotatable bonds is 2. The highest BCUT2D eigenvalue weighted by atomic mass is 16.3. The lowest BCUT2D eigenvalue weighted by Gasteiger charge is -2.62. The lowest BCUT2D eigenvalue weighted by molar-refractivity contribution is -0.170. The molecule has 3 aliphatic carbocycles. The molecule has 3 rings (SSSR count). The molecule has 3 nitrogen and oxygen atoms in total. The van der Waals surface area contributed by atoms with E-state index in [4.69, 9.17) is 0 Å². The first-order valence-electron chi connectivity index (χ1n) is 9.09. The standard InChI is InChI=1S/C20H30O3/c1-18(2)8-4-9-19(3)15(18)7-10-20(13-22)16(19)6-5-14(12-21)11-17(20)23/h5,12-13,15-17,23H,4,6-11H2,1-3H3/t15-,16-,17-,19+,20+/m1/s1. The topological polar surface area (TPSA) is 54.4 Å². The van der Waals surface area contributed by atoms with Gasteiger partial charge in [-0.2, -0.15) is 0 Å². The summed E-state index contributed by atoms with van der Waals surface area (Å²) in [5.74, 6) is 0.721. The van der Waals surface area contributed by atoms with Gasteiger partial charge >= 0.3 is 0 Å². The summed E-state index contributed by atoms with van der Waals surface area (Å²) in [6, 6.07) is 0. The Morgan fingerprint density at radius 3 is 2.52 bits per heavy atom. The molecule has 0 saturated heterocycles. The van der Waals surface area contributed by atoms with Gasteiger partial charge in [-0.3, -0.25) is 4.79 Å². The van der Waals surface area contributed by atoms with Crippen molar-refractivity contribution in [3.05, 3.63) is 11.6 Å². The third-order valence-electron chi connectivity index (χ3n) is 7.62. The van der Waals surface area contributed by atoms with E-state index in [1.54, 1.807) is 0 Å². The first-order valence-corrected chi connectivity index (χ1v) is 9.09. The number of aliphatic hydroxyl groups excluding tert-OH is 1. The van der Waals surface area contributed by atoms with Gasteiger partial charge in [0.1, 0.15) is 12.6 Å². The van der Waals surface area contributed by atoms with Crippen molar-refractivity contribution in [2.24, 2.45) is 28.1 Å².